The predicted molar refractivity (Wildman–Crippen MR) is 72.4 cm³/mol. The molecule has 1 aromatic rings. The van der Waals surface area contributed by atoms with E-state index in [1.165, 1.54) is 6.07 Å². The second kappa shape index (κ2) is 5.69. The molecule has 0 amide bonds. The van der Waals surface area contributed by atoms with Gasteiger partial charge < -0.3 is 10.4 Å². The minimum Gasteiger partial charge on any atom is -0.481 e. The Labute approximate surface area is 111 Å². The highest BCUT2D eigenvalue weighted by Crippen LogP contribution is 2.28. The summed E-state index contributed by atoms with van der Waals surface area (Å²) in [4.78, 5) is 21.0. The lowest BCUT2D eigenvalue weighted by atomic mass is 9.97. The van der Waals surface area contributed by atoms with Crippen LogP contribution in [0.1, 0.15) is 32.3 Å². The molecule has 0 saturated heterocycles. The molecule has 0 spiro atoms. The first kappa shape index (κ1) is 14.9. The van der Waals surface area contributed by atoms with Crippen molar-refractivity contribution in [1.82, 2.24) is 0 Å². The number of nitro groups is 1. The SMILES string of the molecule is Cc1c(NC(C)(C)CCC(=O)O)cccc1[N+](=O)[O-]. The molecule has 0 aromatic heterocycles. The van der Waals surface area contributed by atoms with Crippen LogP contribution in [0.25, 0.3) is 0 Å². The number of nitrogens with one attached hydrogen (secondary N) is 1. The first-order valence-corrected chi connectivity index (χ1v) is 5.97. The average molecular weight is 266 g/mol. The van der Waals surface area contributed by atoms with E-state index in [1.807, 2.05) is 13.8 Å². The summed E-state index contributed by atoms with van der Waals surface area (Å²) in [5.41, 5.74) is 0.817. The average Bonchev–Trinajstić information content (AvgIpc) is 2.29. The smallest absolute Gasteiger partial charge is 0.303 e. The summed E-state index contributed by atoms with van der Waals surface area (Å²) in [6.45, 7) is 5.41. The summed E-state index contributed by atoms with van der Waals surface area (Å²) in [6, 6.07) is 4.82. The molecule has 19 heavy (non-hydrogen) atoms. The lowest BCUT2D eigenvalue weighted by Gasteiger charge is -2.27. The molecule has 104 valence electrons. The number of benzene rings is 1. The Morgan fingerprint density at radius 2 is 2.11 bits per heavy atom. The third-order valence-electron chi connectivity index (χ3n) is 2.94. The van der Waals surface area contributed by atoms with Crippen molar-refractivity contribution in [2.75, 3.05) is 5.32 Å². The molecule has 0 bridgehead atoms. The minimum atomic E-state index is -0.856. The summed E-state index contributed by atoms with van der Waals surface area (Å²) in [6.07, 6.45) is 0.485. The molecular formula is C13H18N2O4. The standard InChI is InChI=1S/C13H18N2O4/c1-9-10(5-4-6-11(9)15(18)19)14-13(2,3)8-7-12(16)17/h4-6,14H,7-8H2,1-3H3,(H,16,17). The fourth-order valence-corrected chi connectivity index (χ4v) is 1.80. The quantitative estimate of drug-likeness (QED) is 0.610. The lowest BCUT2D eigenvalue weighted by molar-refractivity contribution is -0.385. The number of carboxylic acid groups (broad SMARTS) is 1. The van der Waals surface area contributed by atoms with Crippen molar-refractivity contribution in [3.05, 3.63) is 33.9 Å². The summed E-state index contributed by atoms with van der Waals surface area (Å²) in [7, 11) is 0. The van der Waals surface area contributed by atoms with E-state index in [0.29, 0.717) is 17.7 Å². The van der Waals surface area contributed by atoms with Gasteiger partial charge in [-0.2, -0.15) is 0 Å². The first-order valence-electron chi connectivity index (χ1n) is 5.97. The molecule has 0 unspecified atom stereocenters. The zero-order valence-corrected chi connectivity index (χ0v) is 11.3. The lowest BCUT2D eigenvalue weighted by Crippen LogP contribution is -2.31. The van der Waals surface area contributed by atoms with Crippen molar-refractivity contribution in [2.45, 2.75) is 39.2 Å². The van der Waals surface area contributed by atoms with Crippen LogP contribution in [-0.4, -0.2) is 21.5 Å². The van der Waals surface area contributed by atoms with E-state index in [1.54, 1.807) is 19.1 Å². The molecule has 0 radical (unpaired) electrons. The minimum absolute atomic E-state index is 0.0496. The van der Waals surface area contributed by atoms with Gasteiger partial charge in [0.1, 0.15) is 0 Å². The van der Waals surface area contributed by atoms with E-state index in [0.717, 1.165) is 0 Å². The van der Waals surface area contributed by atoms with Gasteiger partial charge in [-0.05, 0) is 33.3 Å². The van der Waals surface area contributed by atoms with Crippen molar-refractivity contribution in [3.63, 3.8) is 0 Å². The number of hydrogen-bond donors (Lipinski definition) is 2. The van der Waals surface area contributed by atoms with Crippen LogP contribution in [0, 0.1) is 17.0 Å². The number of hydrogen-bond acceptors (Lipinski definition) is 4. The number of anilines is 1. The van der Waals surface area contributed by atoms with Crippen molar-refractivity contribution in [1.29, 1.82) is 0 Å². The third-order valence-corrected chi connectivity index (χ3v) is 2.94. The molecule has 0 heterocycles. The Hall–Kier alpha value is -2.11. The van der Waals surface area contributed by atoms with Gasteiger partial charge in [-0.3, -0.25) is 14.9 Å². The van der Waals surface area contributed by atoms with E-state index in [-0.39, 0.29) is 12.1 Å². The molecule has 6 nitrogen and oxygen atoms in total. The number of aliphatic carboxylic acids is 1. The summed E-state index contributed by atoms with van der Waals surface area (Å²) >= 11 is 0. The Kier molecular flexibility index (Phi) is 4.47. The van der Waals surface area contributed by atoms with Crippen LogP contribution in [0.3, 0.4) is 0 Å². The molecular weight excluding hydrogens is 248 g/mol. The maximum absolute atomic E-state index is 10.9. The van der Waals surface area contributed by atoms with Crippen LogP contribution < -0.4 is 5.32 Å². The highest BCUT2D eigenvalue weighted by Gasteiger charge is 2.21. The Morgan fingerprint density at radius 1 is 1.47 bits per heavy atom. The monoisotopic (exact) mass is 266 g/mol. The number of nitro benzene ring substituents is 1. The summed E-state index contributed by atoms with van der Waals surface area (Å²) in [5, 5.41) is 22.7. The van der Waals surface area contributed by atoms with Gasteiger partial charge in [0.2, 0.25) is 0 Å². The van der Waals surface area contributed by atoms with Crippen LogP contribution in [-0.2, 0) is 4.79 Å². The van der Waals surface area contributed by atoms with Gasteiger partial charge in [-0.1, -0.05) is 6.07 Å². The van der Waals surface area contributed by atoms with Crippen LogP contribution in [0.15, 0.2) is 18.2 Å². The summed E-state index contributed by atoms with van der Waals surface area (Å²) < 4.78 is 0. The molecule has 0 aliphatic heterocycles. The highest BCUT2D eigenvalue weighted by molar-refractivity contribution is 5.67. The fraction of sp³-hybridized carbons (Fsp3) is 0.462. The van der Waals surface area contributed by atoms with Crippen LogP contribution in [0.2, 0.25) is 0 Å². The van der Waals surface area contributed by atoms with Gasteiger partial charge in [0.25, 0.3) is 5.69 Å². The van der Waals surface area contributed by atoms with E-state index in [4.69, 9.17) is 5.11 Å². The van der Waals surface area contributed by atoms with Crippen LogP contribution in [0.5, 0.6) is 0 Å². The second-order valence-electron chi connectivity index (χ2n) is 5.11. The fourth-order valence-electron chi connectivity index (χ4n) is 1.80. The van der Waals surface area contributed by atoms with Gasteiger partial charge in [0.15, 0.2) is 0 Å². The number of carbonyl (C=O) groups is 1. The Balaban J connectivity index is 2.90. The van der Waals surface area contributed by atoms with E-state index >= 15 is 0 Å². The van der Waals surface area contributed by atoms with Crippen molar-refractivity contribution < 1.29 is 14.8 Å². The normalized spacial score (nSPS) is 11.1. The highest BCUT2D eigenvalue weighted by atomic mass is 16.6. The van der Waals surface area contributed by atoms with E-state index in [9.17, 15) is 14.9 Å². The molecule has 2 N–H and O–H groups in total. The van der Waals surface area contributed by atoms with E-state index < -0.39 is 16.4 Å². The van der Waals surface area contributed by atoms with Gasteiger partial charge >= 0.3 is 5.97 Å². The third kappa shape index (κ3) is 4.24. The molecule has 0 fully saturated rings. The number of nitrogens with zero attached hydrogens (tertiary/aromatic N) is 1. The molecule has 0 atom stereocenters. The maximum atomic E-state index is 10.9. The van der Waals surface area contributed by atoms with Gasteiger partial charge in [0.05, 0.1) is 4.92 Å². The Bertz CT molecular complexity index is 497. The Morgan fingerprint density at radius 3 is 2.63 bits per heavy atom. The molecule has 0 saturated carbocycles. The first-order chi connectivity index (χ1) is 8.73. The topological polar surface area (TPSA) is 92.5 Å². The van der Waals surface area contributed by atoms with Gasteiger partial charge in [0, 0.05) is 29.3 Å². The van der Waals surface area contributed by atoms with Crippen LogP contribution in [0.4, 0.5) is 11.4 Å². The number of carboxylic acids is 1. The molecule has 1 aromatic carbocycles. The summed E-state index contributed by atoms with van der Waals surface area (Å²) in [5.74, 6) is -0.856. The predicted octanol–water partition coefficient (Wildman–Crippen LogP) is 2.96. The molecule has 1 rings (SSSR count). The van der Waals surface area contributed by atoms with Gasteiger partial charge in [-0.25, -0.2) is 0 Å². The van der Waals surface area contributed by atoms with E-state index in [2.05, 4.69) is 5.32 Å². The maximum Gasteiger partial charge on any atom is 0.303 e. The molecule has 0 aliphatic carbocycles. The second-order valence-corrected chi connectivity index (χ2v) is 5.11. The zero-order valence-electron chi connectivity index (χ0n) is 11.3. The van der Waals surface area contributed by atoms with Crippen molar-refractivity contribution in [3.8, 4) is 0 Å². The number of rotatable bonds is 6. The molecule has 0 aliphatic rings. The van der Waals surface area contributed by atoms with Gasteiger partial charge in [-0.15, -0.1) is 0 Å². The van der Waals surface area contributed by atoms with Crippen LogP contribution >= 0.6 is 0 Å². The van der Waals surface area contributed by atoms with Crippen molar-refractivity contribution in [2.24, 2.45) is 0 Å². The largest absolute Gasteiger partial charge is 0.481 e. The molecule has 6 heteroatoms. The zero-order chi connectivity index (χ0) is 14.6. The van der Waals surface area contributed by atoms with Crippen molar-refractivity contribution >= 4 is 17.3 Å².